The van der Waals surface area contributed by atoms with Crippen molar-refractivity contribution in [1.82, 2.24) is 20.3 Å². The van der Waals surface area contributed by atoms with Crippen LogP contribution < -0.4 is 10.6 Å². The summed E-state index contributed by atoms with van der Waals surface area (Å²) in [7, 11) is 0. The topological polar surface area (TPSA) is 88.8 Å². The fourth-order valence-electron chi connectivity index (χ4n) is 2.03. The average molecular weight is 365 g/mol. The lowest BCUT2D eigenvalue weighted by atomic mass is 10.1. The largest absolute Gasteiger partial charge is 0.360 e. The lowest BCUT2D eigenvalue weighted by Gasteiger charge is -2.07. The van der Waals surface area contributed by atoms with Crippen molar-refractivity contribution in [3.05, 3.63) is 51.8 Å². The highest BCUT2D eigenvalue weighted by molar-refractivity contribution is 6.35. The summed E-state index contributed by atoms with van der Waals surface area (Å²) in [5.74, 6) is 2.19. The monoisotopic (exact) mass is 364 g/mol. The van der Waals surface area contributed by atoms with E-state index < -0.39 is 0 Å². The molecule has 3 aromatic rings. The first-order valence-corrected chi connectivity index (χ1v) is 7.93. The van der Waals surface area contributed by atoms with Gasteiger partial charge in [0.1, 0.15) is 5.76 Å². The standard InChI is InChI=1S/C15H14Cl2N6O/c1-9-6-13(23-24-9)20-14-8-19-22-15(21-14)18-5-4-10-2-3-11(16)7-12(10)17/h2-3,6-8H,4-5H2,1H3,(H2,18,20,21,22,23). The van der Waals surface area contributed by atoms with Crippen LogP contribution in [-0.2, 0) is 6.42 Å². The molecule has 0 aliphatic rings. The van der Waals surface area contributed by atoms with Crippen molar-refractivity contribution in [2.24, 2.45) is 0 Å². The Hall–Kier alpha value is -2.38. The van der Waals surface area contributed by atoms with Crippen LogP contribution in [0.15, 0.2) is 35.0 Å². The Labute approximate surface area is 148 Å². The summed E-state index contributed by atoms with van der Waals surface area (Å²) in [4.78, 5) is 4.31. The third-order valence-electron chi connectivity index (χ3n) is 3.14. The van der Waals surface area contributed by atoms with Crippen molar-refractivity contribution >= 4 is 40.8 Å². The maximum absolute atomic E-state index is 6.15. The van der Waals surface area contributed by atoms with Gasteiger partial charge >= 0.3 is 0 Å². The van der Waals surface area contributed by atoms with Crippen molar-refractivity contribution < 1.29 is 4.52 Å². The molecule has 0 aliphatic carbocycles. The van der Waals surface area contributed by atoms with Crippen molar-refractivity contribution in [3.63, 3.8) is 0 Å². The second-order valence-electron chi connectivity index (χ2n) is 5.03. The summed E-state index contributed by atoms with van der Waals surface area (Å²) < 4.78 is 4.99. The molecule has 24 heavy (non-hydrogen) atoms. The zero-order valence-corrected chi connectivity index (χ0v) is 14.3. The minimum absolute atomic E-state index is 0.408. The van der Waals surface area contributed by atoms with Gasteiger partial charge in [-0.1, -0.05) is 34.4 Å². The number of nitrogens with zero attached hydrogens (tertiary/aromatic N) is 4. The third-order valence-corrected chi connectivity index (χ3v) is 3.72. The van der Waals surface area contributed by atoms with Crippen molar-refractivity contribution in [3.8, 4) is 0 Å². The highest BCUT2D eigenvalue weighted by atomic mass is 35.5. The molecule has 9 heteroatoms. The lowest BCUT2D eigenvalue weighted by Crippen LogP contribution is -2.10. The van der Waals surface area contributed by atoms with Gasteiger partial charge in [-0.25, -0.2) is 0 Å². The number of benzene rings is 1. The van der Waals surface area contributed by atoms with Crippen LogP contribution in [0.5, 0.6) is 0 Å². The molecule has 0 unspecified atom stereocenters. The molecular weight excluding hydrogens is 351 g/mol. The average Bonchev–Trinajstić information content (AvgIpc) is 2.95. The number of halogens is 2. The number of hydrogen-bond donors (Lipinski definition) is 2. The Balaban J connectivity index is 1.58. The molecule has 2 aromatic heterocycles. The van der Waals surface area contributed by atoms with Crippen molar-refractivity contribution in [2.45, 2.75) is 13.3 Å². The van der Waals surface area contributed by atoms with Crippen LogP contribution in [0.2, 0.25) is 10.0 Å². The number of nitrogens with one attached hydrogen (secondary N) is 2. The van der Waals surface area contributed by atoms with Gasteiger partial charge in [-0.2, -0.15) is 10.1 Å². The zero-order valence-electron chi connectivity index (χ0n) is 12.8. The summed E-state index contributed by atoms with van der Waals surface area (Å²) in [6, 6.07) is 7.19. The molecule has 0 fully saturated rings. The van der Waals surface area contributed by atoms with Crippen LogP contribution in [0, 0.1) is 6.92 Å². The van der Waals surface area contributed by atoms with Gasteiger partial charge in [0.05, 0.1) is 6.20 Å². The summed E-state index contributed by atoms with van der Waals surface area (Å²) in [6.45, 7) is 2.42. The molecule has 1 aromatic carbocycles. The first kappa shape index (κ1) is 16.5. The molecule has 0 bridgehead atoms. The van der Waals surface area contributed by atoms with E-state index in [4.69, 9.17) is 27.7 Å². The molecule has 2 heterocycles. The van der Waals surface area contributed by atoms with E-state index in [2.05, 4.69) is 31.0 Å². The van der Waals surface area contributed by atoms with E-state index in [0.29, 0.717) is 46.4 Å². The smallest absolute Gasteiger partial charge is 0.244 e. The Morgan fingerprint density at radius 1 is 1.17 bits per heavy atom. The molecule has 0 saturated heterocycles. The Kier molecular flexibility index (Phi) is 5.12. The Bertz CT molecular complexity index is 838. The SMILES string of the molecule is Cc1cc(Nc2cnnc(NCCc3ccc(Cl)cc3Cl)n2)no1. The minimum atomic E-state index is 0.408. The molecule has 0 saturated carbocycles. The van der Waals surface area contributed by atoms with Gasteiger partial charge in [-0.3, -0.25) is 0 Å². The number of aromatic nitrogens is 4. The third kappa shape index (κ3) is 4.33. The highest BCUT2D eigenvalue weighted by Crippen LogP contribution is 2.21. The first-order chi connectivity index (χ1) is 11.6. The second-order valence-corrected chi connectivity index (χ2v) is 5.87. The fourth-order valence-corrected chi connectivity index (χ4v) is 2.53. The van der Waals surface area contributed by atoms with Gasteiger partial charge < -0.3 is 15.2 Å². The van der Waals surface area contributed by atoms with E-state index in [1.165, 1.54) is 6.20 Å². The highest BCUT2D eigenvalue weighted by Gasteiger charge is 2.05. The zero-order chi connectivity index (χ0) is 16.9. The van der Waals surface area contributed by atoms with Gasteiger partial charge in [0.25, 0.3) is 0 Å². The summed E-state index contributed by atoms with van der Waals surface area (Å²) in [6.07, 6.45) is 2.21. The van der Waals surface area contributed by atoms with Gasteiger partial charge in [-0.15, -0.1) is 5.10 Å². The predicted molar refractivity (Wildman–Crippen MR) is 93.0 cm³/mol. The van der Waals surface area contributed by atoms with E-state index >= 15 is 0 Å². The number of hydrogen-bond acceptors (Lipinski definition) is 7. The minimum Gasteiger partial charge on any atom is -0.360 e. The Morgan fingerprint density at radius 2 is 2.04 bits per heavy atom. The predicted octanol–water partition coefficient (Wildman–Crippen LogP) is 3.87. The first-order valence-electron chi connectivity index (χ1n) is 7.18. The van der Waals surface area contributed by atoms with Crippen molar-refractivity contribution in [2.75, 3.05) is 17.2 Å². The molecule has 0 amide bonds. The molecule has 0 aliphatic heterocycles. The van der Waals surface area contributed by atoms with E-state index in [1.54, 1.807) is 12.1 Å². The fraction of sp³-hybridized carbons (Fsp3) is 0.200. The maximum atomic E-state index is 6.15. The molecule has 124 valence electrons. The molecular formula is C15H14Cl2N6O. The van der Waals surface area contributed by atoms with Gasteiger partial charge in [0.2, 0.25) is 5.95 Å². The number of rotatable bonds is 6. The number of aryl methyl sites for hydroxylation is 1. The van der Waals surface area contributed by atoms with Crippen LogP contribution in [0.3, 0.4) is 0 Å². The van der Waals surface area contributed by atoms with E-state index in [1.807, 2.05) is 19.1 Å². The second kappa shape index (κ2) is 7.46. The molecule has 7 nitrogen and oxygen atoms in total. The lowest BCUT2D eigenvalue weighted by molar-refractivity contribution is 0.400. The van der Waals surface area contributed by atoms with Crippen LogP contribution in [0.1, 0.15) is 11.3 Å². The van der Waals surface area contributed by atoms with E-state index in [9.17, 15) is 0 Å². The van der Waals surface area contributed by atoms with Crippen LogP contribution in [0.4, 0.5) is 17.6 Å². The molecule has 0 radical (unpaired) electrons. The van der Waals surface area contributed by atoms with Crippen molar-refractivity contribution in [1.29, 1.82) is 0 Å². The molecule has 0 spiro atoms. The van der Waals surface area contributed by atoms with Gasteiger partial charge in [0, 0.05) is 22.7 Å². The quantitative estimate of drug-likeness (QED) is 0.685. The summed E-state index contributed by atoms with van der Waals surface area (Å²) in [5.41, 5.74) is 0.994. The molecule has 2 N–H and O–H groups in total. The van der Waals surface area contributed by atoms with Gasteiger partial charge in [-0.05, 0) is 31.0 Å². The summed E-state index contributed by atoms with van der Waals surface area (Å²) in [5, 5.41) is 19.0. The number of anilines is 3. The van der Waals surface area contributed by atoms with E-state index in [-0.39, 0.29) is 0 Å². The van der Waals surface area contributed by atoms with Gasteiger partial charge in [0.15, 0.2) is 11.6 Å². The Morgan fingerprint density at radius 3 is 2.79 bits per heavy atom. The van der Waals surface area contributed by atoms with Crippen LogP contribution >= 0.6 is 23.2 Å². The molecule has 3 rings (SSSR count). The van der Waals surface area contributed by atoms with E-state index in [0.717, 1.165) is 5.56 Å². The normalized spacial score (nSPS) is 10.6. The van der Waals surface area contributed by atoms with Crippen LogP contribution in [0.25, 0.3) is 0 Å². The maximum Gasteiger partial charge on any atom is 0.244 e. The van der Waals surface area contributed by atoms with Crippen LogP contribution in [-0.4, -0.2) is 26.9 Å². The summed E-state index contributed by atoms with van der Waals surface area (Å²) >= 11 is 12.0. The molecule has 0 atom stereocenters.